The third-order valence-electron chi connectivity index (χ3n) is 3.07. The average Bonchev–Trinajstić information content (AvgIpc) is 2.85. The first-order valence-corrected chi connectivity index (χ1v) is 5.91. The minimum absolute atomic E-state index is 0.221. The van der Waals surface area contributed by atoms with E-state index in [1.165, 1.54) is 0 Å². The number of nitrogens with zero attached hydrogens (tertiary/aromatic N) is 2. The molecule has 1 saturated carbocycles. The molecule has 1 atom stereocenters. The molecule has 1 fully saturated rings. The van der Waals surface area contributed by atoms with Crippen molar-refractivity contribution in [1.29, 1.82) is 0 Å². The fourth-order valence-corrected chi connectivity index (χ4v) is 2.26. The molecule has 1 aliphatic carbocycles. The van der Waals surface area contributed by atoms with E-state index in [0.29, 0.717) is 18.3 Å². The van der Waals surface area contributed by atoms with Gasteiger partial charge in [0.05, 0.1) is 6.04 Å². The van der Waals surface area contributed by atoms with Crippen LogP contribution < -0.4 is 5.73 Å². The second-order valence-corrected chi connectivity index (χ2v) is 4.38. The third-order valence-corrected chi connectivity index (χ3v) is 3.07. The third kappa shape index (κ3) is 1.97. The molecule has 1 aromatic heterocycles. The first-order chi connectivity index (χ1) is 7.68. The molecule has 5 nitrogen and oxygen atoms in total. The molecule has 0 saturated heterocycles. The maximum atomic E-state index is 5.84. The lowest BCUT2D eigenvalue weighted by molar-refractivity contribution is -0.0469. The lowest BCUT2D eigenvalue weighted by atomic mass is 10.0. The Morgan fingerprint density at radius 3 is 2.69 bits per heavy atom. The van der Waals surface area contributed by atoms with Gasteiger partial charge in [0.15, 0.2) is 0 Å². The molecule has 0 bridgehead atoms. The van der Waals surface area contributed by atoms with Gasteiger partial charge in [-0.3, -0.25) is 0 Å². The van der Waals surface area contributed by atoms with Crippen LogP contribution in [0.3, 0.4) is 0 Å². The van der Waals surface area contributed by atoms with Gasteiger partial charge < -0.3 is 15.0 Å². The number of hydrogen-bond donors (Lipinski definition) is 1. The number of ether oxygens (including phenoxy) is 1. The Kier molecular flexibility index (Phi) is 3.25. The summed E-state index contributed by atoms with van der Waals surface area (Å²) in [5.41, 5.74) is 5.38. The molecule has 0 aromatic carbocycles. The van der Waals surface area contributed by atoms with Gasteiger partial charge in [-0.2, -0.15) is 4.98 Å². The second kappa shape index (κ2) is 4.51. The fraction of sp³-hybridized carbons (Fsp3) is 0.818. The standard InChI is InChI=1S/C11H19N3O2/c1-3-15-11(6-4-5-7-11)10-13-9(8(2)12)16-14-10/h8H,3-7,12H2,1-2H3. The van der Waals surface area contributed by atoms with Crippen molar-refractivity contribution in [2.24, 2.45) is 5.73 Å². The summed E-state index contributed by atoms with van der Waals surface area (Å²) in [6, 6.07) is -0.221. The molecular weight excluding hydrogens is 206 g/mol. The summed E-state index contributed by atoms with van der Waals surface area (Å²) in [6.07, 6.45) is 4.25. The summed E-state index contributed by atoms with van der Waals surface area (Å²) in [6.45, 7) is 4.49. The van der Waals surface area contributed by atoms with Crippen LogP contribution in [0.1, 0.15) is 57.3 Å². The molecule has 0 amide bonds. The first-order valence-electron chi connectivity index (χ1n) is 5.91. The Morgan fingerprint density at radius 1 is 1.50 bits per heavy atom. The van der Waals surface area contributed by atoms with Crippen LogP contribution in [-0.4, -0.2) is 16.7 Å². The number of hydrogen-bond acceptors (Lipinski definition) is 5. The van der Waals surface area contributed by atoms with Crippen LogP contribution in [0.2, 0.25) is 0 Å². The molecule has 0 aliphatic heterocycles. The van der Waals surface area contributed by atoms with Crippen LogP contribution in [0.15, 0.2) is 4.52 Å². The summed E-state index contributed by atoms with van der Waals surface area (Å²) in [5.74, 6) is 1.15. The molecule has 1 aromatic rings. The van der Waals surface area contributed by atoms with Gasteiger partial charge in [0.25, 0.3) is 0 Å². The Labute approximate surface area is 95.3 Å². The predicted molar refractivity (Wildman–Crippen MR) is 58.7 cm³/mol. The van der Waals surface area contributed by atoms with Crippen molar-refractivity contribution in [1.82, 2.24) is 10.1 Å². The maximum Gasteiger partial charge on any atom is 0.243 e. The highest BCUT2D eigenvalue weighted by Crippen LogP contribution is 2.40. The van der Waals surface area contributed by atoms with E-state index < -0.39 is 0 Å². The zero-order valence-electron chi connectivity index (χ0n) is 9.90. The van der Waals surface area contributed by atoms with Crippen LogP contribution in [0, 0.1) is 0 Å². The van der Waals surface area contributed by atoms with Gasteiger partial charge in [0.1, 0.15) is 5.60 Å². The zero-order valence-corrected chi connectivity index (χ0v) is 9.90. The highest BCUT2D eigenvalue weighted by Gasteiger charge is 2.40. The molecule has 2 N–H and O–H groups in total. The van der Waals surface area contributed by atoms with Crippen molar-refractivity contribution >= 4 is 0 Å². The van der Waals surface area contributed by atoms with Crippen molar-refractivity contribution in [3.05, 3.63) is 11.7 Å². The van der Waals surface area contributed by atoms with Crippen molar-refractivity contribution in [2.45, 2.75) is 51.2 Å². The predicted octanol–water partition coefficient (Wildman–Crippen LogP) is 1.90. The van der Waals surface area contributed by atoms with E-state index in [1.54, 1.807) is 0 Å². The SMILES string of the molecule is CCOC1(c2noc(C(C)N)n2)CCCC1. The van der Waals surface area contributed by atoms with Crippen LogP contribution in [0.25, 0.3) is 0 Å². The van der Waals surface area contributed by atoms with Crippen LogP contribution in [0.4, 0.5) is 0 Å². The van der Waals surface area contributed by atoms with Gasteiger partial charge in [-0.15, -0.1) is 0 Å². The maximum absolute atomic E-state index is 5.84. The molecule has 1 unspecified atom stereocenters. The molecule has 90 valence electrons. The molecule has 0 spiro atoms. The van der Waals surface area contributed by atoms with Gasteiger partial charge in [-0.05, 0) is 39.5 Å². The summed E-state index contributed by atoms with van der Waals surface area (Å²) in [5, 5.41) is 4.02. The van der Waals surface area contributed by atoms with Crippen molar-refractivity contribution in [3.63, 3.8) is 0 Å². The molecule has 16 heavy (non-hydrogen) atoms. The van der Waals surface area contributed by atoms with E-state index in [0.717, 1.165) is 25.7 Å². The molecule has 1 heterocycles. The summed E-state index contributed by atoms with van der Waals surface area (Å²) < 4.78 is 11.0. The molecular formula is C11H19N3O2. The summed E-state index contributed by atoms with van der Waals surface area (Å²) >= 11 is 0. The minimum Gasteiger partial charge on any atom is -0.367 e. The lowest BCUT2D eigenvalue weighted by Gasteiger charge is -2.24. The van der Waals surface area contributed by atoms with E-state index >= 15 is 0 Å². The topological polar surface area (TPSA) is 74.2 Å². The highest BCUT2D eigenvalue weighted by molar-refractivity contribution is 5.05. The Bertz CT molecular complexity index is 343. The van der Waals surface area contributed by atoms with Crippen molar-refractivity contribution in [3.8, 4) is 0 Å². The second-order valence-electron chi connectivity index (χ2n) is 4.38. The lowest BCUT2D eigenvalue weighted by Crippen LogP contribution is -2.27. The van der Waals surface area contributed by atoms with Crippen molar-refractivity contribution in [2.75, 3.05) is 6.61 Å². The number of rotatable bonds is 4. The highest BCUT2D eigenvalue weighted by atomic mass is 16.5. The monoisotopic (exact) mass is 225 g/mol. The Balaban J connectivity index is 2.24. The van der Waals surface area contributed by atoms with E-state index in [1.807, 2.05) is 13.8 Å². The summed E-state index contributed by atoms with van der Waals surface area (Å²) in [7, 11) is 0. The first kappa shape index (κ1) is 11.5. The number of nitrogens with two attached hydrogens (primary N) is 1. The van der Waals surface area contributed by atoms with Crippen molar-refractivity contribution < 1.29 is 9.26 Å². The van der Waals surface area contributed by atoms with E-state index in [2.05, 4.69) is 10.1 Å². The number of aromatic nitrogens is 2. The Hall–Kier alpha value is -0.940. The van der Waals surface area contributed by atoms with Crippen LogP contribution in [0.5, 0.6) is 0 Å². The normalized spacial score (nSPS) is 21.2. The van der Waals surface area contributed by atoms with Gasteiger partial charge in [0.2, 0.25) is 11.7 Å². The fourth-order valence-electron chi connectivity index (χ4n) is 2.26. The molecule has 0 radical (unpaired) electrons. The van der Waals surface area contributed by atoms with Gasteiger partial charge in [-0.25, -0.2) is 0 Å². The quantitative estimate of drug-likeness (QED) is 0.847. The molecule has 2 rings (SSSR count). The molecule has 5 heteroatoms. The minimum atomic E-state index is -0.328. The largest absolute Gasteiger partial charge is 0.367 e. The van der Waals surface area contributed by atoms with Crippen LogP contribution >= 0.6 is 0 Å². The molecule has 1 aliphatic rings. The van der Waals surface area contributed by atoms with E-state index in [4.69, 9.17) is 15.0 Å². The van der Waals surface area contributed by atoms with Crippen LogP contribution in [-0.2, 0) is 10.3 Å². The van der Waals surface area contributed by atoms with Gasteiger partial charge >= 0.3 is 0 Å². The van der Waals surface area contributed by atoms with Gasteiger partial charge in [-0.1, -0.05) is 5.16 Å². The van der Waals surface area contributed by atoms with E-state index in [-0.39, 0.29) is 11.6 Å². The van der Waals surface area contributed by atoms with E-state index in [9.17, 15) is 0 Å². The average molecular weight is 225 g/mol. The summed E-state index contributed by atoms with van der Waals surface area (Å²) in [4.78, 5) is 4.35. The smallest absolute Gasteiger partial charge is 0.243 e. The zero-order chi connectivity index (χ0) is 11.6. The Morgan fingerprint density at radius 2 is 2.19 bits per heavy atom. The van der Waals surface area contributed by atoms with Gasteiger partial charge in [0, 0.05) is 6.61 Å².